The summed E-state index contributed by atoms with van der Waals surface area (Å²) in [7, 11) is 0. The van der Waals surface area contributed by atoms with Crippen molar-refractivity contribution >= 4 is 11.9 Å². The molecule has 0 aliphatic rings. The molecule has 0 unspecified atom stereocenters. The van der Waals surface area contributed by atoms with E-state index in [-0.39, 0.29) is 12.3 Å². The fourth-order valence-corrected chi connectivity index (χ4v) is 2.76. The standard InChI is InChI=1S/C21H25NO3/c23-20(24)14-6-1-2-9-15-22-21(25)19-13-8-7-12-18(19)16-17-10-4-3-5-11-17/h3-5,7-8,10-13H,1-2,6,9,14-16H2,(H,22,25)(H,23,24). The van der Waals surface area contributed by atoms with Gasteiger partial charge in [0.05, 0.1) is 0 Å². The van der Waals surface area contributed by atoms with Crippen molar-refractivity contribution in [2.24, 2.45) is 0 Å². The molecule has 0 spiro atoms. The molecule has 0 heterocycles. The van der Waals surface area contributed by atoms with Crippen LogP contribution in [0.3, 0.4) is 0 Å². The number of amides is 1. The highest BCUT2D eigenvalue weighted by Gasteiger charge is 2.10. The molecule has 0 aliphatic heterocycles. The summed E-state index contributed by atoms with van der Waals surface area (Å²) in [6.07, 6.45) is 4.33. The van der Waals surface area contributed by atoms with Crippen LogP contribution in [0, 0.1) is 0 Å². The minimum Gasteiger partial charge on any atom is -0.481 e. The monoisotopic (exact) mass is 339 g/mol. The first-order valence-corrected chi connectivity index (χ1v) is 8.78. The van der Waals surface area contributed by atoms with Gasteiger partial charge < -0.3 is 10.4 Å². The van der Waals surface area contributed by atoms with Crippen molar-refractivity contribution in [2.45, 2.75) is 38.5 Å². The number of carbonyl (C=O) groups is 2. The molecular formula is C21H25NO3. The van der Waals surface area contributed by atoms with E-state index in [1.165, 1.54) is 5.56 Å². The fraction of sp³-hybridized carbons (Fsp3) is 0.333. The number of hydrogen-bond acceptors (Lipinski definition) is 2. The van der Waals surface area contributed by atoms with Gasteiger partial charge in [-0.3, -0.25) is 9.59 Å². The van der Waals surface area contributed by atoms with Gasteiger partial charge in [-0.25, -0.2) is 0 Å². The van der Waals surface area contributed by atoms with Gasteiger partial charge in [0.1, 0.15) is 0 Å². The summed E-state index contributed by atoms with van der Waals surface area (Å²) in [4.78, 5) is 22.9. The molecular weight excluding hydrogens is 314 g/mol. The molecule has 0 saturated carbocycles. The van der Waals surface area contributed by atoms with Gasteiger partial charge in [-0.05, 0) is 36.5 Å². The molecule has 0 bridgehead atoms. The number of carboxylic acid groups (broad SMARTS) is 1. The van der Waals surface area contributed by atoms with Gasteiger partial charge in [0.25, 0.3) is 5.91 Å². The van der Waals surface area contributed by atoms with Gasteiger partial charge >= 0.3 is 5.97 Å². The number of rotatable bonds is 10. The van der Waals surface area contributed by atoms with Crippen molar-refractivity contribution < 1.29 is 14.7 Å². The average molecular weight is 339 g/mol. The Kier molecular flexibility index (Phi) is 7.70. The molecule has 0 aliphatic carbocycles. The lowest BCUT2D eigenvalue weighted by Crippen LogP contribution is -2.25. The van der Waals surface area contributed by atoms with E-state index < -0.39 is 5.97 Å². The third-order valence-corrected chi connectivity index (χ3v) is 4.10. The predicted octanol–water partition coefficient (Wildman–Crippen LogP) is 4.04. The predicted molar refractivity (Wildman–Crippen MR) is 98.7 cm³/mol. The van der Waals surface area contributed by atoms with E-state index in [0.717, 1.165) is 36.8 Å². The molecule has 2 N–H and O–H groups in total. The van der Waals surface area contributed by atoms with Crippen molar-refractivity contribution in [1.82, 2.24) is 5.32 Å². The van der Waals surface area contributed by atoms with Gasteiger partial charge in [0.15, 0.2) is 0 Å². The number of carbonyl (C=O) groups excluding carboxylic acids is 1. The van der Waals surface area contributed by atoms with Gasteiger partial charge in [-0.2, -0.15) is 0 Å². The molecule has 25 heavy (non-hydrogen) atoms. The van der Waals surface area contributed by atoms with Gasteiger partial charge in [0.2, 0.25) is 0 Å². The minimum absolute atomic E-state index is 0.0444. The quantitative estimate of drug-likeness (QED) is 0.642. The van der Waals surface area contributed by atoms with Crippen molar-refractivity contribution in [2.75, 3.05) is 6.54 Å². The van der Waals surface area contributed by atoms with Crippen molar-refractivity contribution in [1.29, 1.82) is 0 Å². The fourth-order valence-electron chi connectivity index (χ4n) is 2.76. The first kappa shape index (κ1) is 18.7. The SMILES string of the molecule is O=C(O)CCCCCCNC(=O)c1ccccc1Cc1ccccc1. The summed E-state index contributed by atoms with van der Waals surface area (Å²) in [5.41, 5.74) is 2.92. The Balaban J connectivity index is 1.80. The Labute approximate surface area is 148 Å². The Morgan fingerprint density at radius 1 is 0.840 bits per heavy atom. The summed E-state index contributed by atoms with van der Waals surface area (Å²) in [6, 6.07) is 17.8. The zero-order valence-electron chi connectivity index (χ0n) is 14.4. The van der Waals surface area contributed by atoms with Crippen molar-refractivity contribution in [3.8, 4) is 0 Å². The Bertz CT molecular complexity index is 683. The second-order valence-corrected chi connectivity index (χ2v) is 6.13. The maximum Gasteiger partial charge on any atom is 0.303 e. The second-order valence-electron chi connectivity index (χ2n) is 6.13. The molecule has 2 rings (SSSR count). The highest BCUT2D eigenvalue weighted by molar-refractivity contribution is 5.95. The number of hydrogen-bond donors (Lipinski definition) is 2. The largest absolute Gasteiger partial charge is 0.481 e. The third-order valence-electron chi connectivity index (χ3n) is 4.10. The van der Waals surface area contributed by atoms with E-state index >= 15 is 0 Å². The molecule has 0 atom stereocenters. The van der Waals surface area contributed by atoms with E-state index in [2.05, 4.69) is 17.4 Å². The van der Waals surface area contributed by atoms with Crippen LogP contribution in [-0.2, 0) is 11.2 Å². The molecule has 4 heteroatoms. The van der Waals surface area contributed by atoms with Crippen molar-refractivity contribution in [3.05, 3.63) is 71.3 Å². The van der Waals surface area contributed by atoms with Crippen LogP contribution in [0.5, 0.6) is 0 Å². The highest BCUT2D eigenvalue weighted by atomic mass is 16.4. The van der Waals surface area contributed by atoms with Gasteiger partial charge in [-0.15, -0.1) is 0 Å². The van der Waals surface area contributed by atoms with E-state index in [1.807, 2.05) is 42.5 Å². The van der Waals surface area contributed by atoms with E-state index in [1.54, 1.807) is 0 Å². The van der Waals surface area contributed by atoms with Gasteiger partial charge in [-0.1, -0.05) is 61.4 Å². The maximum absolute atomic E-state index is 12.4. The molecule has 1 amide bonds. The number of aliphatic carboxylic acids is 1. The summed E-state index contributed by atoms with van der Waals surface area (Å²) < 4.78 is 0. The lowest BCUT2D eigenvalue weighted by molar-refractivity contribution is -0.137. The lowest BCUT2D eigenvalue weighted by atomic mass is 9.99. The Hall–Kier alpha value is -2.62. The average Bonchev–Trinajstić information content (AvgIpc) is 2.62. The van der Waals surface area contributed by atoms with E-state index in [0.29, 0.717) is 13.0 Å². The smallest absolute Gasteiger partial charge is 0.303 e. The normalized spacial score (nSPS) is 10.4. The number of benzene rings is 2. The Morgan fingerprint density at radius 2 is 1.52 bits per heavy atom. The van der Waals surface area contributed by atoms with Crippen LogP contribution in [0.25, 0.3) is 0 Å². The Morgan fingerprint density at radius 3 is 2.28 bits per heavy atom. The van der Waals surface area contributed by atoms with Crippen LogP contribution < -0.4 is 5.32 Å². The minimum atomic E-state index is -0.747. The zero-order valence-corrected chi connectivity index (χ0v) is 14.4. The summed E-state index contributed by atoms with van der Waals surface area (Å²) in [6.45, 7) is 0.617. The van der Waals surface area contributed by atoms with E-state index in [4.69, 9.17) is 5.11 Å². The summed E-state index contributed by atoms with van der Waals surface area (Å²) in [5, 5.41) is 11.6. The maximum atomic E-state index is 12.4. The molecule has 0 aromatic heterocycles. The highest BCUT2D eigenvalue weighted by Crippen LogP contribution is 2.14. The molecule has 0 saturated heterocycles. The molecule has 132 valence electrons. The number of nitrogens with one attached hydrogen (secondary N) is 1. The van der Waals surface area contributed by atoms with Crippen molar-refractivity contribution in [3.63, 3.8) is 0 Å². The third kappa shape index (κ3) is 6.79. The molecule has 4 nitrogen and oxygen atoms in total. The van der Waals surface area contributed by atoms with Gasteiger partial charge in [0, 0.05) is 18.5 Å². The first-order chi connectivity index (χ1) is 12.2. The second kappa shape index (κ2) is 10.3. The lowest BCUT2D eigenvalue weighted by Gasteiger charge is -2.10. The van der Waals surface area contributed by atoms with Crippen LogP contribution in [0.1, 0.15) is 53.6 Å². The van der Waals surface area contributed by atoms with Crippen LogP contribution in [-0.4, -0.2) is 23.5 Å². The topological polar surface area (TPSA) is 66.4 Å². The summed E-state index contributed by atoms with van der Waals surface area (Å²) in [5.74, 6) is -0.791. The van der Waals surface area contributed by atoms with E-state index in [9.17, 15) is 9.59 Å². The number of unbranched alkanes of at least 4 members (excludes halogenated alkanes) is 3. The number of carboxylic acids is 1. The summed E-state index contributed by atoms with van der Waals surface area (Å²) >= 11 is 0. The zero-order chi connectivity index (χ0) is 17.9. The first-order valence-electron chi connectivity index (χ1n) is 8.78. The molecule has 0 radical (unpaired) electrons. The van der Waals surface area contributed by atoms with Crippen LogP contribution in [0.4, 0.5) is 0 Å². The van der Waals surface area contributed by atoms with Crippen LogP contribution in [0.15, 0.2) is 54.6 Å². The van der Waals surface area contributed by atoms with Crippen LogP contribution in [0.2, 0.25) is 0 Å². The molecule has 2 aromatic rings. The molecule has 2 aromatic carbocycles. The molecule has 0 fully saturated rings. The van der Waals surface area contributed by atoms with Crippen LogP contribution >= 0.6 is 0 Å².